The average molecular weight is 274 g/mol. The molecule has 1 heterocycles. The van der Waals surface area contributed by atoms with E-state index < -0.39 is 9.84 Å². The van der Waals surface area contributed by atoms with E-state index in [0.717, 1.165) is 17.9 Å². The van der Waals surface area contributed by atoms with Gasteiger partial charge in [0.25, 0.3) is 0 Å². The third-order valence-corrected chi connectivity index (χ3v) is 3.85. The molecular weight excluding hydrogens is 252 g/mol. The number of aryl methyl sites for hydroxylation is 1. The molecule has 0 aliphatic rings. The molecule has 0 radical (unpaired) electrons. The third-order valence-electron chi connectivity index (χ3n) is 2.93. The SMILES string of the molecule is CCc1ccc(C(CN)N(C)CCS(C)(=O)=O)o1. The largest absolute Gasteiger partial charge is 0.464 e. The Hall–Kier alpha value is -0.850. The van der Waals surface area contributed by atoms with E-state index in [1.54, 1.807) is 0 Å². The van der Waals surface area contributed by atoms with Crippen LogP contribution in [0.2, 0.25) is 0 Å². The summed E-state index contributed by atoms with van der Waals surface area (Å²) >= 11 is 0. The molecule has 2 N–H and O–H groups in total. The van der Waals surface area contributed by atoms with Gasteiger partial charge < -0.3 is 10.2 Å². The number of rotatable bonds is 7. The molecule has 0 saturated heterocycles. The number of sulfone groups is 1. The Balaban J connectivity index is 2.70. The van der Waals surface area contributed by atoms with Crippen molar-refractivity contribution in [2.75, 3.05) is 32.1 Å². The molecule has 0 aliphatic carbocycles. The van der Waals surface area contributed by atoms with Crippen LogP contribution in [0, 0.1) is 0 Å². The third kappa shape index (κ3) is 4.44. The Labute approximate surface area is 109 Å². The van der Waals surface area contributed by atoms with Crippen LogP contribution in [0.3, 0.4) is 0 Å². The molecule has 1 atom stereocenters. The van der Waals surface area contributed by atoms with Gasteiger partial charge in [-0.3, -0.25) is 4.90 Å². The highest BCUT2D eigenvalue weighted by Crippen LogP contribution is 2.21. The molecule has 0 fully saturated rings. The summed E-state index contributed by atoms with van der Waals surface area (Å²) in [4.78, 5) is 1.92. The summed E-state index contributed by atoms with van der Waals surface area (Å²) in [6.07, 6.45) is 2.07. The molecule has 1 aromatic rings. The maximum absolute atomic E-state index is 11.2. The second-order valence-electron chi connectivity index (χ2n) is 4.52. The highest BCUT2D eigenvalue weighted by molar-refractivity contribution is 7.90. The smallest absolute Gasteiger partial charge is 0.148 e. The first-order chi connectivity index (χ1) is 8.37. The molecule has 18 heavy (non-hydrogen) atoms. The predicted molar refractivity (Wildman–Crippen MR) is 72.2 cm³/mol. The molecule has 0 spiro atoms. The molecular formula is C12H22N2O3S. The number of furan rings is 1. The fourth-order valence-electron chi connectivity index (χ4n) is 1.74. The van der Waals surface area contributed by atoms with Crippen LogP contribution in [-0.2, 0) is 16.3 Å². The van der Waals surface area contributed by atoms with E-state index in [4.69, 9.17) is 10.2 Å². The number of nitrogens with two attached hydrogens (primary N) is 1. The van der Waals surface area contributed by atoms with Crippen LogP contribution in [0.1, 0.15) is 24.5 Å². The lowest BCUT2D eigenvalue weighted by Crippen LogP contribution is -2.33. The first-order valence-electron chi connectivity index (χ1n) is 6.04. The Morgan fingerprint density at radius 2 is 2.11 bits per heavy atom. The molecule has 0 bridgehead atoms. The lowest BCUT2D eigenvalue weighted by molar-refractivity contribution is 0.229. The summed E-state index contributed by atoms with van der Waals surface area (Å²) in [5.41, 5.74) is 5.74. The second kappa shape index (κ2) is 6.36. The summed E-state index contributed by atoms with van der Waals surface area (Å²) in [6, 6.07) is 3.77. The van der Waals surface area contributed by atoms with E-state index >= 15 is 0 Å². The van der Waals surface area contributed by atoms with Crippen LogP contribution in [-0.4, -0.2) is 45.5 Å². The summed E-state index contributed by atoms with van der Waals surface area (Å²) in [5, 5.41) is 0. The zero-order valence-electron chi connectivity index (χ0n) is 11.2. The maximum Gasteiger partial charge on any atom is 0.148 e. The minimum atomic E-state index is -2.96. The quantitative estimate of drug-likeness (QED) is 0.796. The summed E-state index contributed by atoms with van der Waals surface area (Å²) < 4.78 is 28.0. The molecule has 1 rings (SSSR count). The van der Waals surface area contributed by atoms with Gasteiger partial charge in [-0.1, -0.05) is 6.92 Å². The Morgan fingerprint density at radius 3 is 2.56 bits per heavy atom. The molecule has 6 heteroatoms. The van der Waals surface area contributed by atoms with Crippen molar-refractivity contribution in [1.29, 1.82) is 0 Å². The van der Waals surface area contributed by atoms with E-state index in [2.05, 4.69) is 0 Å². The molecule has 0 saturated carbocycles. The van der Waals surface area contributed by atoms with Gasteiger partial charge in [-0.2, -0.15) is 0 Å². The van der Waals surface area contributed by atoms with Gasteiger partial charge in [0.1, 0.15) is 21.4 Å². The molecule has 0 amide bonds. The molecule has 1 aromatic heterocycles. The van der Waals surface area contributed by atoms with Crippen molar-refractivity contribution >= 4 is 9.84 Å². The molecule has 104 valence electrons. The second-order valence-corrected chi connectivity index (χ2v) is 6.78. The zero-order valence-corrected chi connectivity index (χ0v) is 12.0. The fourth-order valence-corrected chi connectivity index (χ4v) is 2.36. The van der Waals surface area contributed by atoms with Gasteiger partial charge in [0.15, 0.2) is 0 Å². The van der Waals surface area contributed by atoms with Crippen LogP contribution in [0.15, 0.2) is 16.5 Å². The average Bonchev–Trinajstić information content (AvgIpc) is 2.75. The minimum Gasteiger partial charge on any atom is -0.464 e. The molecule has 5 nitrogen and oxygen atoms in total. The minimum absolute atomic E-state index is 0.0768. The lowest BCUT2D eigenvalue weighted by Gasteiger charge is -2.24. The van der Waals surface area contributed by atoms with Gasteiger partial charge in [0.05, 0.1) is 11.8 Å². The van der Waals surface area contributed by atoms with Gasteiger partial charge in [-0.05, 0) is 19.2 Å². The summed E-state index contributed by atoms with van der Waals surface area (Å²) in [6.45, 7) is 2.87. The first-order valence-corrected chi connectivity index (χ1v) is 8.10. The lowest BCUT2D eigenvalue weighted by atomic mass is 10.2. The summed E-state index contributed by atoms with van der Waals surface area (Å²) in [7, 11) is -1.10. The molecule has 0 aromatic carbocycles. The van der Waals surface area contributed by atoms with Crippen LogP contribution in [0.5, 0.6) is 0 Å². The maximum atomic E-state index is 11.2. The van der Waals surface area contributed by atoms with Gasteiger partial charge in [0, 0.05) is 25.8 Å². The van der Waals surface area contributed by atoms with Gasteiger partial charge in [0.2, 0.25) is 0 Å². The fraction of sp³-hybridized carbons (Fsp3) is 0.667. The first kappa shape index (κ1) is 15.2. The Morgan fingerprint density at radius 1 is 1.44 bits per heavy atom. The van der Waals surface area contributed by atoms with E-state index in [9.17, 15) is 8.42 Å². The van der Waals surface area contributed by atoms with Crippen molar-refractivity contribution in [3.05, 3.63) is 23.7 Å². The Kier molecular flexibility index (Phi) is 5.37. The van der Waals surface area contributed by atoms with Crippen LogP contribution in [0.25, 0.3) is 0 Å². The van der Waals surface area contributed by atoms with E-state index in [-0.39, 0.29) is 11.8 Å². The van der Waals surface area contributed by atoms with E-state index in [1.807, 2.05) is 31.0 Å². The summed E-state index contributed by atoms with van der Waals surface area (Å²) in [5.74, 6) is 1.84. The molecule has 0 aliphatic heterocycles. The standard InChI is InChI=1S/C12H22N2O3S/c1-4-10-5-6-12(17-10)11(9-13)14(2)7-8-18(3,15)16/h5-6,11H,4,7-9,13H2,1-3H3. The normalized spacial score (nSPS) is 14.1. The van der Waals surface area contributed by atoms with Crippen molar-refractivity contribution in [2.24, 2.45) is 5.73 Å². The van der Waals surface area contributed by atoms with Gasteiger partial charge >= 0.3 is 0 Å². The Bertz CT molecular complexity index is 467. The number of nitrogens with zero attached hydrogens (tertiary/aromatic N) is 1. The van der Waals surface area contributed by atoms with Gasteiger partial charge in [-0.15, -0.1) is 0 Å². The number of hydrogen-bond donors (Lipinski definition) is 1. The van der Waals surface area contributed by atoms with Gasteiger partial charge in [-0.25, -0.2) is 8.42 Å². The highest BCUT2D eigenvalue weighted by atomic mass is 32.2. The van der Waals surface area contributed by atoms with Crippen molar-refractivity contribution in [3.8, 4) is 0 Å². The number of likely N-dealkylation sites (N-methyl/N-ethyl adjacent to an activating group) is 1. The monoisotopic (exact) mass is 274 g/mol. The van der Waals surface area contributed by atoms with Crippen molar-refractivity contribution < 1.29 is 12.8 Å². The number of hydrogen-bond acceptors (Lipinski definition) is 5. The van der Waals surface area contributed by atoms with Crippen LogP contribution in [0.4, 0.5) is 0 Å². The predicted octanol–water partition coefficient (Wildman–Crippen LogP) is 0.818. The van der Waals surface area contributed by atoms with Crippen molar-refractivity contribution in [1.82, 2.24) is 4.90 Å². The van der Waals surface area contributed by atoms with Crippen LogP contribution >= 0.6 is 0 Å². The highest BCUT2D eigenvalue weighted by Gasteiger charge is 2.19. The van der Waals surface area contributed by atoms with E-state index in [0.29, 0.717) is 13.1 Å². The van der Waals surface area contributed by atoms with Crippen LogP contribution < -0.4 is 5.73 Å². The van der Waals surface area contributed by atoms with Crippen molar-refractivity contribution in [2.45, 2.75) is 19.4 Å². The van der Waals surface area contributed by atoms with E-state index in [1.165, 1.54) is 6.26 Å². The topological polar surface area (TPSA) is 76.5 Å². The molecule has 1 unspecified atom stereocenters. The van der Waals surface area contributed by atoms with Crippen molar-refractivity contribution in [3.63, 3.8) is 0 Å². The zero-order chi connectivity index (χ0) is 13.8.